The number of hydrogen-bond donors (Lipinski definition) is 1. The Hall–Kier alpha value is -1.69. The summed E-state index contributed by atoms with van der Waals surface area (Å²) in [6.45, 7) is 3.18. The number of likely N-dealkylation sites (N-methyl/N-ethyl adjacent to an activating group) is 1. The maximum Gasteiger partial charge on any atom is 0.0992 e. The van der Waals surface area contributed by atoms with E-state index in [4.69, 9.17) is 5.26 Å². The lowest BCUT2D eigenvalue weighted by molar-refractivity contribution is 0.662. The Bertz CT molecular complexity index is 406. The van der Waals surface area contributed by atoms with E-state index in [0.29, 0.717) is 6.04 Å². The van der Waals surface area contributed by atoms with E-state index in [1.807, 2.05) is 18.2 Å². The van der Waals surface area contributed by atoms with Gasteiger partial charge in [-0.3, -0.25) is 0 Å². The number of anilines is 2. The van der Waals surface area contributed by atoms with E-state index >= 15 is 0 Å². The van der Waals surface area contributed by atoms with Crippen molar-refractivity contribution in [2.75, 3.05) is 23.8 Å². The van der Waals surface area contributed by atoms with Crippen molar-refractivity contribution in [1.29, 1.82) is 5.26 Å². The molecule has 0 saturated carbocycles. The largest absolute Gasteiger partial charge is 0.379 e. The Morgan fingerprint density at radius 1 is 1.60 bits per heavy atom. The van der Waals surface area contributed by atoms with Crippen LogP contribution in [0, 0.1) is 11.3 Å². The van der Waals surface area contributed by atoms with Gasteiger partial charge in [-0.25, -0.2) is 0 Å². The van der Waals surface area contributed by atoms with Crippen LogP contribution in [0.4, 0.5) is 11.4 Å². The third-order valence-electron chi connectivity index (χ3n) is 2.88. The first-order chi connectivity index (χ1) is 7.24. The van der Waals surface area contributed by atoms with Gasteiger partial charge in [0.05, 0.1) is 23.0 Å². The molecule has 1 atom stereocenters. The van der Waals surface area contributed by atoms with Crippen molar-refractivity contribution in [3.63, 3.8) is 0 Å². The fourth-order valence-corrected chi connectivity index (χ4v) is 1.96. The number of nitriles is 1. The zero-order chi connectivity index (χ0) is 10.8. The fourth-order valence-electron chi connectivity index (χ4n) is 1.96. The van der Waals surface area contributed by atoms with Gasteiger partial charge in [0.1, 0.15) is 0 Å². The third-order valence-corrected chi connectivity index (χ3v) is 2.88. The minimum atomic E-state index is 0.510. The number of hydrogen-bond acceptors (Lipinski definition) is 3. The van der Waals surface area contributed by atoms with Crippen LogP contribution in [0.25, 0.3) is 0 Å². The van der Waals surface area contributed by atoms with E-state index in [1.54, 1.807) is 0 Å². The van der Waals surface area contributed by atoms with Crippen LogP contribution in [-0.4, -0.2) is 19.6 Å². The number of nitrogens with one attached hydrogen (secondary N) is 1. The van der Waals surface area contributed by atoms with Crippen molar-refractivity contribution in [1.82, 2.24) is 0 Å². The van der Waals surface area contributed by atoms with Gasteiger partial charge in [0.2, 0.25) is 0 Å². The lowest BCUT2D eigenvalue weighted by Gasteiger charge is -2.34. The van der Waals surface area contributed by atoms with Gasteiger partial charge in [0, 0.05) is 19.6 Å². The molecular formula is C12H15N3. The van der Waals surface area contributed by atoms with Crippen LogP contribution in [-0.2, 0) is 0 Å². The molecule has 0 spiro atoms. The smallest absolute Gasteiger partial charge is 0.0992 e. The Kier molecular flexibility index (Phi) is 2.51. The summed E-state index contributed by atoms with van der Waals surface area (Å²) >= 11 is 0. The Morgan fingerprint density at radius 3 is 3.07 bits per heavy atom. The van der Waals surface area contributed by atoms with Crippen LogP contribution in [0.15, 0.2) is 18.2 Å². The molecule has 0 fully saturated rings. The number of rotatable bonds is 1. The van der Waals surface area contributed by atoms with Crippen molar-refractivity contribution in [3.8, 4) is 6.07 Å². The average Bonchev–Trinajstić information content (AvgIpc) is 2.28. The topological polar surface area (TPSA) is 39.1 Å². The molecule has 1 heterocycles. The maximum absolute atomic E-state index is 8.83. The number of fused-ring (bicyclic) bond motifs is 1. The molecule has 3 heteroatoms. The normalized spacial score (nSPS) is 19.0. The standard InChI is InChI=1S/C12H15N3/c1-3-10-8-15(2)12-6-9(7-13)4-5-11(12)14-10/h4-6,10,14H,3,8H2,1-2H3. The molecule has 0 bridgehead atoms. The molecule has 1 aromatic carbocycles. The molecule has 0 radical (unpaired) electrons. The average molecular weight is 201 g/mol. The minimum absolute atomic E-state index is 0.510. The second kappa shape index (κ2) is 3.82. The van der Waals surface area contributed by atoms with E-state index < -0.39 is 0 Å². The maximum atomic E-state index is 8.83. The fraction of sp³-hybridized carbons (Fsp3) is 0.417. The predicted octanol–water partition coefficient (Wildman–Crippen LogP) is 2.20. The second-order valence-electron chi connectivity index (χ2n) is 3.97. The molecule has 15 heavy (non-hydrogen) atoms. The number of nitrogens with zero attached hydrogens (tertiary/aromatic N) is 2. The molecule has 1 unspecified atom stereocenters. The molecule has 0 aromatic heterocycles. The van der Waals surface area contributed by atoms with E-state index in [-0.39, 0.29) is 0 Å². The first-order valence-electron chi connectivity index (χ1n) is 5.26. The highest BCUT2D eigenvalue weighted by atomic mass is 15.2. The van der Waals surface area contributed by atoms with Crippen LogP contribution in [0.3, 0.4) is 0 Å². The zero-order valence-corrected chi connectivity index (χ0v) is 9.12. The molecular weight excluding hydrogens is 186 g/mol. The van der Waals surface area contributed by atoms with Gasteiger partial charge in [-0.2, -0.15) is 5.26 Å². The summed E-state index contributed by atoms with van der Waals surface area (Å²) in [5.74, 6) is 0. The lowest BCUT2D eigenvalue weighted by atomic mass is 10.1. The van der Waals surface area contributed by atoms with Crippen molar-refractivity contribution < 1.29 is 0 Å². The summed E-state index contributed by atoms with van der Waals surface area (Å²) in [7, 11) is 2.07. The van der Waals surface area contributed by atoms with Gasteiger partial charge in [-0.15, -0.1) is 0 Å². The Balaban J connectivity index is 2.37. The summed E-state index contributed by atoms with van der Waals surface area (Å²) in [4.78, 5) is 2.21. The summed E-state index contributed by atoms with van der Waals surface area (Å²) in [5.41, 5.74) is 2.98. The quantitative estimate of drug-likeness (QED) is 0.757. The van der Waals surface area contributed by atoms with Crippen LogP contribution in [0.5, 0.6) is 0 Å². The molecule has 1 aromatic rings. The van der Waals surface area contributed by atoms with Crippen molar-refractivity contribution in [3.05, 3.63) is 23.8 Å². The summed E-state index contributed by atoms with van der Waals surface area (Å²) in [5, 5.41) is 12.3. The molecule has 2 rings (SSSR count). The third kappa shape index (κ3) is 1.75. The van der Waals surface area contributed by atoms with Gasteiger partial charge >= 0.3 is 0 Å². The first-order valence-corrected chi connectivity index (χ1v) is 5.26. The Morgan fingerprint density at radius 2 is 2.40 bits per heavy atom. The summed E-state index contributed by atoms with van der Waals surface area (Å²) in [6.07, 6.45) is 1.11. The minimum Gasteiger partial charge on any atom is -0.379 e. The van der Waals surface area contributed by atoms with Crippen LogP contribution in [0.1, 0.15) is 18.9 Å². The van der Waals surface area contributed by atoms with Crippen molar-refractivity contribution in [2.24, 2.45) is 0 Å². The van der Waals surface area contributed by atoms with E-state index in [2.05, 4.69) is 30.3 Å². The highest BCUT2D eigenvalue weighted by Crippen LogP contribution is 2.31. The Labute approximate surface area is 90.3 Å². The molecule has 0 amide bonds. The van der Waals surface area contributed by atoms with E-state index in [0.717, 1.165) is 29.9 Å². The molecule has 1 aliphatic heterocycles. The van der Waals surface area contributed by atoms with Crippen LogP contribution in [0.2, 0.25) is 0 Å². The predicted molar refractivity (Wildman–Crippen MR) is 62.1 cm³/mol. The van der Waals surface area contributed by atoms with Crippen LogP contribution >= 0.6 is 0 Å². The summed E-state index contributed by atoms with van der Waals surface area (Å²) < 4.78 is 0. The van der Waals surface area contributed by atoms with Gasteiger partial charge in [0.15, 0.2) is 0 Å². The van der Waals surface area contributed by atoms with E-state index in [1.165, 1.54) is 0 Å². The highest BCUT2D eigenvalue weighted by molar-refractivity contribution is 5.74. The van der Waals surface area contributed by atoms with Gasteiger partial charge < -0.3 is 10.2 Å². The second-order valence-corrected chi connectivity index (χ2v) is 3.97. The first kappa shape index (κ1) is 9.85. The number of benzene rings is 1. The molecule has 0 aliphatic carbocycles. The van der Waals surface area contributed by atoms with Gasteiger partial charge in [-0.05, 0) is 24.6 Å². The summed E-state index contributed by atoms with van der Waals surface area (Å²) in [6, 6.07) is 8.47. The lowest BCUT2D eigenvalue weighted by Crippen LogP contribution is -2.38. The van der Waals surface area contributed by atoms with Crippen molar-refractivity contribution >= 4 is 11.4 Å². The SMILES string of the molecule is CCC1CN(C)c2cc(C#N)ccc2N1. The molecule has 1 N–H and O–H groups in total. The highest BCUT2D eigenvalue weighted by Gasteiger charge is 2.19. The molecule has 0 saturated heterocycles. The molecule has 3 nitrogen and oxygen atoms in total. The molecule has 78 valence electrons. The molecule has 1 aliphatic rings. The van der Waals surface area contributed by atoms with Gasteiger partial charge in [0.25, 0.3) is 0 Å². The van der Waals surface area contributed by atoms with Gasteiger partial charge in [-0.1, -0.05) is 6.92 Å². The van der Waals surface area contributed by atoms with Crippen LogP contribution < -0.4 is 10.2 Å². The monoisotopic (exact) mass is 201 g/mol. The van der Waals surface area contributed by atoms with Crippen molar-refractivity contribution in [2.45, 2.75) is 19.4 Å². The van der Waals surface area contributed by atoms with E-state index in [9.17, 15) is 0 Å². The zero-order valence-electron chi connectivity index (χ0n) is 9.12.